The van der Waals surface area contributed by atoms with E-state index in [1.165, 1.54) is 26.2 Å². The predicted octanol–water partition coefficient (Wildman–Crippen LogP) is 6.14. The number of aliphatic carboxylic acids is 1. The highest BCUT2D eigenvalue weighted by Crippen LogP contribution is 2.60. The van der Waals surface area contributed by atoms with Crippen molar-refractivity contribution in [2.45, 2.75) is 105 Å². The predicted molar refractivity (Wildman–Crippen MR) is 128 cm³/mol. The highest BCUT2D eigenvalue weighted by Gasteiger charge is 2.59. The molecule has 3 saturated carbocycles. The molecule has 3 rings (SSSR count). The molecular weight excluding hydrogens is 416 g/mol. The molecule has 1 N–H and O–H groups in total. The summed E-state index contributed by atoms with van der Waals surface area (Å²) in [5.74, 6) is 1.45. The number of esters is 1. The van der Waals surface area contributed by atoms with Gasteiger partial charge in [0, 0.05) is 18.8 Å². The summed E-state index contributed by atoms with van der Waals surface area (Å²) >= 11 is 0. The van der Waals surface area contributed by atoms with E-state index in [1.54, 1.807) is 0 Å². The maximum absolute atomic E-state index is 13.3. The molecular formula is C28H46O5. The van der Waals surface area contributed by atoms with Crippen molar-refractivity contribution in [2.75, 3.05) is 0 Å². The Morgan fingerprint density at radius 3 is 2.42 bits per heavy atom. The Morgan fingerprint density at radius 2 is 1.85 bits per heavy atom. The first-order valence-corrected chi connectivity index (χ1v) is 13.4. The van der Waals surface area contributed by atoms with Crippen LogP contribution < -0.4 is 0 Å². The zero-order valence-electron chi connectivity index (χ0n) is 21.6. The van der Waals surface area contributed by atoms with Gasteiger partial charge in [-0.25, -0.2) is 0 Å². The Kier molecular flexibility index (Phi) is 8.32. The molecule has 3 aliphatic carbocycles. The molecule has 0 aromatic rings. The number of rotatable bonds is 8. The van der Waals surface area contributed by atoms with Crippen LogP contribution in [0, 0.1) is 52.8 Å². The van der Waals surface area contributed by atoms with E-state index in [0.717, 1.165) is 25.2 Å². The van der Waals surface area contributed by atoms with E-state index in [4.69, 9.17) is 4.74 Å². The number of carbonyl (C=O) groups is 3. The normalized spacial score (nSPS) is 39.8. The first kappa shape index (κ1) is 26.2. The van der Waals surface area contributed by atoms with Crippen LogP contribution in [0.5, 0.6) is 0 Å². The van der Waals surface area contributed by atoms with E-state index in [9.17, 15) is 19.5 Å². The molecule has 0 aromatic heterocycles. The van der Waals surface area contributed by atoms with Crippen LogP contribution in [-0.2, 0) is 19.1 Å². The number of hydrogen-bond acceptors (Lipinski definition) is 4. The average Bonchev–Trinajstić information content (AvgIpc) is 3.15. The van der Waals surface area contributed by atoms with Gasteiger partial charge in [-0.3, -0.25) is 14.4 Å². The molecule has 3 aliphatic rings. The van der Waals surface area contributed by atoms with Crippen molar-refractivity contribution < 1.29 is 24.2 Å². The third-order valence-corrected chi connectivity index (χ3v) is 9.64. The fourth-order valence-corrected chi connectivity index (χ4v) is 7.96. The smallest absolute Gasteiger partial charge is 0.307 e. The van der Waals surface area contributed by atoms with Crippen LogP contribution >= 0.6 is 0 Å². The van der Waals surface area contributed by atoms with Crippen LogP contribution in [0.2, 0.25) is 0 Å². The molecule has 0 aromatic carbocycles. The second-order valence-electron chi connectivity index (χ2n) is 12.3. The minimum Gasteiger partial charge on any atom is -0.481 e. The van der Waals surface area contributed by atoms with Gasteiger partial charge in [0.15, 0.2) is 0 Å². The molecule has 0 heterocycles. The largest absolute Gasteiger partial charge is 0.481 e. The first-order valence-electron chi connectivity index (χ1n) is 13.4. The van der Waals surface area contributed by atoms with Gasteiger partial charge >= 0.3 is 11.9 Å². The molecule has 3 fully saturated rings. The number of ketones is 1. The van der Waals surface area contributed by atoms with Crippen molar-refractivity contribution in [3.05, 3.63) is 0 Å². The molecule has 0 amide bonds. The number of ether oxygens (including phenoxy) is 1. The molecule has 0 aliphatic heterocycles. The molecule has 0 spiro atoms. The van der Waals surface area contributed by atoms with Gasteiger partial charge in [0.05, 0.1) is 5.92 Å². The summed E-state index contributed by atoms with van der Waals surface area (Å²) in [5, 5.41) is 10.4. The van der Waals surface area contributed by atoms with Crippen molar-refractivity contribution in [1.29, 1.82) is 0 Å². The Bertz CT molecular complexity index is 730. The molecule has 5 nitrogen and oxygen atoms in total. The van der Waals surface area contributed by atoms with Gasteiger partial charge in [-0.15, -0.1) is 0 Å². The van der Waals surface area contributed by atoms with Crippen LogP contribution in [0.1, 0.15) is 99.3 Å². The lowest BCUT2D eigenvalue weighted by Crippen LogP contribution is -2.53. The van der Waals surface area contributed by atoms with Gasteiger partial charge in [0.2, 0.25) is 0 Å². The van der Waals surface area contributed by atoms with E-state index < -0.39 is 17.3 Å². The van der Waals surface area contributed by atoms with Gasteiger partial charge in [-0.2, -0.15) is 0 Å². The number of carboxylic acid groups (broad SMARTS) is 1. The fraction of sp³-hybridized carbons (Fsp3) is 0.893. The summed E-state index contributed by atoms with van der Waals surface area (Å²) in [7, 11) is 0. The highest BCUT2D eigenvalue weighted by molar-refractivity contribution is 5.87. The van der Waals surface area contributed by atoms with Crippen molar-refractivity contribution in [3.8, 4) is 0 Å². The number of hydrogen-bond donors (Lipinski definition) is 1. The quantitative estimate of drug-likeness (QED) is 0.438. The van der Waals surface area contributed by atoms with Gasteiger partial charge < -0.3 is 9.84 Å². The molecule has 0 bridgehead atoms. The third-order valence-electron chi connectivity index (χ3n) is 9.64. The van der Waals surface area contributed by atoms with E-state index in [1.807, 2.05) is 6.92 Å². The Labute approximate surface area is 200 Å². The standard InChI is InChI=1S/C28H46O5/c1-16(2)8-7-9-17(3)21-10-11-22-25(21)18(4)14-23(26(22)27(31)32)28(6)13-12-20(15-24(28)30)33-19(5)29/h16-18,20-23,25-26H,7-15H2,1-6H3,(H,31,32)/t17?,18-,20?,21?,22?,23?,25?,26?,28?/m1/s1. The van der Waals surface area contributed by atoms with Gasteiger partial charge in [-0.1, -0.05) is 53.9 Å². The maximum Gasteiger partial charge on any atom is 0.307 e. The number of carboxylic acids is 1. The van der Waals surface area contributed by atoms with Crippen LogP contribution in [0.4, 0.5) is 0 Å². The van der Waals surface area contributed by atoms with E-state index in [-0.39, 0.29) is 36.1 Å². The van der Waals surface area contributed by atoms with Crippen molar-refractivity contribution in [2.24, 2.45) is 52.8 Å². The molecule has 5 heteroatoms. The van der Waals surface area contributed by atoms with Crippen LogP contribution in [0.15, 0.2) is 0 Å². The molecule has 0 saturated heterocycles. The van der Waals surface area contributed by atoms with Gasteiger partial charge in [0.1, 0.15) is 11.9 Å². The number of Topliss-reactive ketones (excluding diaryl/α,β-unsaturated/α-hetero) is 1. The summed E-state index contributed by atoms with van der Waals surface area (Å²) < 4.78 is 5.32. The minimum absolute atomic E-state index is 0.0819. The number of carbonyl (C=O) groups excluding carboxylic acids is 2. The van der Waals surface area contributed by atoms with E-state index in [0.29, 0.717) is 36.5 Å². The molecule has 188 valence electrons. The summed E-state index contributed by atoms with van der Waals surface area (Å²) in [6.45, 7) is 12.6. The van der Waals surface area contributed by atoms with Crippen molar-refractivity contribution in [3.63, 3.8) is 0 Å². The molecule has 0 radical (unpaired) electrons. The summed E-state index contributed by atoms with van der Waals surface area (Å²) in [6, 6.07) is 0. The third kappa shape index (κ3) is 5.48. The first-order chi connectivity index (χ1) is 15.5. The Morgan fingerprint density at radius 1 is 1.15 bits per heavy atom. The second-order valence-corrected chi connectivity index (χ2v) is 12.3. The summed E-state index contributed by atoms with van der Waals surface area (Å²) in [4.78, 5) is 37.4. The second kappa shape index (κ2) is 10.5. The van der Waals surface area contributed by atoms with Crippen LogP contribution in [-0.4, -0.2) is 28.9 Å². The lowest BCUT2D eigenvalue weighted by atomic mass is 9.51. The maximum atomic E-state index is 13.3. The van der Waals surface area contributed by atoms with Crippen LogP contribution in [0.25, 0.3) is 0 Å². The monoisotopic (exact) mass is 462 g/mol. The fourth-order valence-electron chi connectivity index (χ4n) is 7.96. The van der Waals surface area contributed by atoms with Crippen LogP contribution in [0.3, 0.4) is 0 Å². The Balaban J connectivity index is 1.77. The SMILES string of the molecule is CC(=O)OC1CCC(C)(C2C[C@@H](C)C3C(C(C)CCCC(C)C)CCC3C2C(=O)O)C(=O)C1. The lowest BCUT2D eigenvalue weighted by Gasteiger charge is -2.51. The van der Waals surface area contributed by atoms with Gasteiger partial charge in [-0.05, 0) is 73.5 Å². The number of fused-ring (bicyclic) bond motifs is 1. The van der Waals surface area contributed by atoms with Crippen molar-refractivity contribution >= 4 is 17.7 Å². The zero-order valence-corrected chi connectivity index (χ0v) is 21.6. The molecule has 9 atom stereocenters. The average molecular weight is 463 g/mol. The molecule has 33 heavy (non-hydrogen) atoms. The highest BCUT2D eigenvalue weighted by atomic mass is 16.5. The topological polar surface area (TPSA) is 80.7 Å². The van der Waals surface area contributed by atoms with E-state index >= 15 is 0 Å². The van der Waals surface area contributed by atoms with E-state index in [2.05, 4.69) is 27.7 Å². The Hall–Kier alpha value is -1.39. The summed E-state index contributed by atoms with van der Waals surface area (Å²) in [6.07, 6.45) is 7.76. The lowest BCUT2D eigenvalue weighted by molar-refractivity contribution is -0.163. The zero-order chi connectivity index (χ0) is 24.5. The van der Waals surface area contributed by atoms with Crippen molar-refractivity contribution in [1.82, 2.24) is 0 Å². The minimum atomic E-state index is -0.717. The van der Waals surface area contributed by atoms with Gasteiger partial charge in [0.25, 0.3) is 0 Å². The summed E-state index contributed by atoms with van der Waals surface area (Å²) in [5.41, 5.74) is -0.639. The molecule has 8 unspecified atom stereocenters.